The summed E-state index contributed by atoms with van der Waals surface area (Å²) >= 11 is 6.82. The van der Waals surface area contributed by atoms with Gasteiger partial charge in [-0.15, -0.1) is 0 Å². The maximum absolute atomic E-state index is 12.0. The zero-order valence-corrected chi connectivity index (χ0v) is 14.9. The number of aromatic amines is 1. The Morgan fingerprint density at radius 2 is 2.08 bits per heavy atom. The van der Waals surface area contributed by atoms with E-state index in [9.17, 15) is 14.7 Å². The normalized spacial score (nSPS) is 12.0. The lowest BCUT2D eigenvalue weighted by Gasteiger charge is -2.10. The van der Waals surface area contributed by atoms with Crippen LogP contribution < -0.4 is 10.9 Å². The van der Waals surface area contributed by atoms with E-state index in [1.807, 2.05) is 13.8 Å². The molecule has 1 atom stereocenters. The fourth-order valence-electron chi connectivity index (χ4n) is 2.03. The van der Waals surface area contributed by atoms with Gasteiger partial charge in [0.15, 0.2) is 5.16 Å². The van der Waals surface area contributed by atoms with Crippen molar-refractivity contribution in [3.05, 3.63) is 45.2 Å². The Hall–Kier alpha value is -1.99. The molecule has 0 unspecified atom stereocenters. The number of thioether (sulfide) groups is 1. The van der Waals surface area contributed by atoms with Crippen molar-refractivity contribution in [3.63, 3.8) is 0 Å². The van der Waals surface area contributed by atoms with Gasteiger partial charge in [-0.05, 0) is 36.6 Å². The second kappa shape index (κ2) is 8.21. The van der Waals surface area contributed by atoms with Gasteiger partial charge in [-0.1, -0.05) is 37.2 Å². The van der Waals surface area contributed by atoms with Crippen molar-refractivity contribution in [1.82, 2.24) is 9.97 Å². The number of carbonyl (C=O) groups excluding carboxylic acids is 1. The number of hydrogen-bond donors (Lipinski definition) is 3. The molecular weight excluding hydrogens is 350 g/mol. The number of H-pyrrole nitrogens is 1. The Kier molecular flexibility index (Phi) is 6.28. The predicted octanol–water partition coefficient (Wildman–Crippen LogP) is 3.37. The van der Waals surface area contributed by atoms with E-state index in [0.29, 0.717) is 17.1 Å². The third-order valence-electron chi connectivity index (χ3n) is 3.49. The number of halogens is 1. The Morgan fingerprint density at radius 3 is 2.67 bits per heavy atom. The molecule has 1 aromatic heterocycles. The van der Waals surface area contributed by atoms with Crippen molar-refractivity contribution in [2.75, 3.05) is 11.1 Å². The van der Waals surface area contributed by atoms with Crippen LogP contribution in [0.25, 0.3) is 0 Å². The van der Waals surface area contributed by atoms with Crippen LogP contribution in [0.5, 0.6) is 5.88 Å². The van der Waals surface area contributed by atoms with Gasteiger partial charge in [0, 0.05) is 10.7 Å². The van der Waals surface area contributed by atoms with Crippen LogP contribution in [-0.4, -0.2) is 26.7 Å². The first-order valence-electron chi connectivity index (χ1n) is 7.42. The molecule has 0 fully saturated rings. The van der Waals surface area contributed by atoms with E-state index in [2.05, 4.69) is 15.3 Å². The average molecular weight is 368 g/mol. The average Bonchev–Trinajstić information content (AvgIpc) is 2.54. The monoisotopic (exact) mass is 367 g/mol. The lowest BCUT2D eigenvalue weighted by Crippen LogP contribution is -2.18. The van der Waals surface area contributed by atoms with Crippen molar-refractivity contribution in [3.8, 4) is 5.88 Å². The predicted molar refractivity (Wildman–Crippen MR) is 96.0 cm³/mol. The number of nitrogens with one attached hydrogen (secondary N) is 2. The van der Waals surface area contributed by atoms with Crippen molar-refractivity contribution in [1.29, 1.82) is 0 Å². The molecule has 1 amide bonds. The highest BCUT2D eigenvalue weighted by atomic mass is 35.5. The summed E-state index contributed by atoms with van der Waals surface area (Å²) in [5, 5.41) is 13.4. The molecule has 24 heavy (non-hydrogen) atoms. The number of rotatable bonds is 6. The molecule has 0 spiro atoms. The van der Waals surface area contributed by atoms with Crippen LogP contribution in [0.2, 0.25) is 5.02 Å². The summed E-state index contributed by atoms with van der Waals surface area (Å²) in [6.45, 7) is 3.77. The molecule has 1 heterocycles. The number of aromatic nitrogens is 2. The van der Waals surface area contributed by atoms with E-state index in [0.717, 1.165) is 11.8 Å². The first-order valence-corrected chi connectivity index (χ1v) is 8.78. The van der Waals surface area contributed by atoms with Crippen LogP contribution in [0.4, 0.5) is 5.69 Å². The van der Waals surface area contributed by atoms with Crippen LogP contribution in [0.3, 0.4) is 0 Å². The third-order valence-corrected chi connectivity index (χ3v) is 4.61. The number of anilines is 1. The van der Waals surface area contributed by atoms with Gasteiger partial charge < -0.3 is 15.4 Å². The summed E-state index contributed by atoms with van der Waals surface area (Å²) in [7, 11) is 0. The van der Waals surface area contributed by atoms with Crippen LogP contribution in [0.15, 0.2) is 34.2 Å². The molecule has 0 radical (unpaired) electrons. The van der Waals surface area contributed by atoms with E-state index >= 15 is 0 Å². The Balaban J connectivity index is 2.00. The van der Waals surface area contributed by atoms with Gasteiger partial charge in [0.2, 0.25) is 11.8 Å². The molecule has 3 N–H and O–H groups in total. The number of carbonyl (C=O) groups is 1. The van der Waals surface area contributed by atoms with Gasteiger partial charge in [0.25, 0.3) is 5.56 Å². The van der Waals surface area contributed by atoms with Crippen LogP contribution >= 0.6 is 23.4 Å². The SMILES string of the molecule is CC[C@@H](C)c1c(O)nc(SCC(=O)Nc2ccc(Cl)cc2)[nH]c1=O. The van der Waals surface area contributed by atoms with Gasteiger partial charge in [0.1, 0.15) is 0 Å². The topological polar surface area (TPSA) is 95.1 Å². The van der Waals surface area contributed by atoms with E-state index in [1.165, 1.54) is 0 Å². The molecule has 0 aliphatic heterocycles. The highest BCUT2D eigenvalue weighted by Crippen LogP contribution is 2.24. The van der Waals surface area contributed by atoms with Crippen LogP contribution in [0, 0.1) is 0 Å². The van der Waals surface area contributed by atoms with E-state index < -0.39 is 0 Å². The number of amides is 1. The molecule has 2 aromatic rings. The van der Waals surface area contributed by atoms with Gasteiger partial charge in [0.05, 0.1) is 11.3 Å². The van der Waals surface area contributed by atoms with Gasteiger partial charge in [-0.25, -0.2) is 0 Å². The summed E-state index contributed by atoms with van der Waals surface area (Å²) in [5.41, 5.74) is 0.520. The van der Waals surface area contributed by atoms with Crippen LogP contribution in [0.1, 0.15) is 31.7 Å². The van der Waals surface area contributed by atoms with Crippen molar-refractivity contribution in [2.45, 2.75) is 31.3 Å². The molecule has 0 saturated heterocycles. The van der Waals surface area contributed by atoms with Crippen molar-refractivity contribution < 1.29 is 9.90 Å². The molecule has 0 aliphatic rings. The molecule has 0 bridgehead atoms. The summed E-state index contributed by atoms with van der Waals surface area (Å²) in [4.78, 5) is 30.5. The number of hydrogen-bond acceptors (Lipinski definition) is 5. The van der Waals surface area contributed by atoms with E-state index in [1.54, 1.807) is 24.3 Å². The van der Waals surface area contributed by atoms with Gasteiger partial charge in [-0.2, -0.15) is 4.98 Å². The quantitative estimate of drug-likeness (QED) is 0.537. The van der Waals surface area contributed by atoms with Crippen molar-refractivity contribution in [2.24, 2.45) is 0 Å². The fourth-order valence-corrected chi connectivity index (χ4v) is 2.81. The molecule has 0 saturated carbocycles. The minimum Gasteiger partial charge on any atom is -0.493 e. The summed E-state index contributed by atoms with van der Waals surface area (Å²) in [5.74, 6) is -0.578. The Bertz CT molecular complexity index is 777. The lowest BCUT2D eigenvalue weighted by atomic mass is 10.0. The Labute approximate surface area is 148 Å². The zero-order chi connectivity index (χ0) is 17.7. The van der Waals surface area contributed by atoms with Crippen molar-refractivity contribution >= 4 is 35.0 Å². The molecule has 8 heteroatoms. The second-order valence-corrected chi connectivity index (χ2v) is 6.66. The molecule has 0 aliphatic carbocycles. The van der Waals surface area contributed by atoms with Gasteiger partial charge >= 0.3 is 0 Å². The Morgan fingerprint density at radius 1 is 1.42 bits per heavy atom. The number of nitrogens with zero attached hydrogens (tertiary/aromatic N) is 1. The van der Waals surface area contributed by atoms with Crippen LogP contribution in [-0.2, 0) is 4.79 Å². The summed E-state index contributed by atoms with van der Waals surface area (Å²) < 4.78 is 0. The van der Waals surface area contributed by atoms with Gasteiger partial charge in [-0.3, -0.25) is 9.59 Å². The summed E-state index contributed by atoms with van der Waals surface area (Å²) in [6, 6.07) is 6.74. The standard InChI is InChI=1S/C16H18ClN3O3S/c1-3-9(2)13-14(22)19-16(20-15(13)23)24-8-12(21)18-11-6-4-10(17)5-7-11/h4-7,9H,3,8H2,1-2H3,(H,18,21)(H2,19,20,22,23)/t9-/m1/s1. The summed E-state index contributed by atoms with van der Waals surface area (Å²) in [6.07, 6.45) is 0.717. The number of benzene rings is 1. The van der Waals surface area contributed by atoms with E-state index in [-0.39, 0.29) is 39.7 Å². The smallest absolute Gasteiger partial charge is 0.258 e. The molecule has 2 rings (SSSR count). The minimum atomic E-state index is -0.377. The first kappa shape index (κ1) is 18.4. The first-order chi connectivity index (χ1) is 11.4. The third kappa shape index (κ3) is 4.75. The second-order valence-electron chi connectivity index (χ2n) is 5.26. The maximum Gasteiger partial charge on any atom is 0.258 e. The maximum atomic E-state index is 12.0. The molecular formula is C16H18ClN3O3S. The molecule has 128 valence electrons. The largest absolute Gasteiger partial charge is 0.493 e. The molecule has 6 nitrogen and oxygen atoms in total. The number of aromatic hydroxyl groups is 1. The zero-order valence-electron chi connectivity index (χ0n) is 13.3. The molecule has 1 aromatic carbocycles. The minimum absolute atomic E-state index is 0.0493. The highest BCUT2D eigenvalue weighted by molar-refractivity contribution is 7.99. The fraction of sp³-hybridized carbons (Fsp3) is 0.312. The highest BCUT2D eigenvalue weighted by Gasteiger charge is 2.16. The lowest BCUT2D eigenvalue weighted by molar-refractivity contribution is -0.113. The van der Waals surface area contributed by atoms with E-state index in [4.69, 9.17) is 11.6 Å².